The summed E-state index contributed by atoms with van der Waals surface area (Å²) >= 11 is 0. The molecule has 0 fully saturated rings. The van der Waals surface area contributed by atoms with Crippen molar-refractivity contribution in [3.63, 3.8) is 0 Å². The van der Waals surface area contributed by atoms with Crippen LogP contribution in [-0.2, 0) is 0 Å². The summed E-state index contributed by atoms with van der Waals surface area (Å²) in [5, 5.41) is 1.17. The molecule has 3 rings (SSSR count). The first-order valence-corrected chi connectivity index (χ1v) is 5.19. The molecule has 0 spiro atoms. The van der Waals surface area contributed by atoms with Crippen molar-refractivity contribution in [1.82, 2.24) is 15.0 Å². The summed E-state index contributed by atoms with van der Waals surface area (Å²) in [6, 6.07) is 8.09. The molecule has 78 valence electrons. The van der Waals surface area contributed by atoms with Crippen LogP contribution in [0.25, 0.3) is 22.2 Å². The highest BCUT2D eigenvalue weighted by Gasteiger charge is 2.04. The number of aromatic amines is 1. The fourth-order valence-corrected chi connectivity index (χ4v) is 1.87. The maximum absolute atomic E-state index is 4.28. The Balaban J connectivity index is 2.23. The maximum atomic E-state index is 4.28. The Labute approximate surface area is 93.2 Å². The van der Waals surface area contributed by atoms with Crippen LogP contribution in [-0.4, -0.2) is 15.0 Å². The summed E-state index contributed by atoms with van der Waals surface area (Å²) in [6.45, 7) is 2.02. The zero-order valence-corrected chi connectivity index (χ0v) is 8.94. The van der Waals surface area contributed by atoms with Crippen molar-refractivity contribution in [1.29, 1.82) is 0 Å². The number of fused-ring (bicyclic) bond motifs is 1. The molecule has 0 atom stereocenters. The van der Waals surface area contributed by atoms with Crippen molar-refractivity contribution < 1.29 is 0 Å². The van der Waals surface area contributed by atoms with Gasteiger partial charge in [0.15, 0.2) is 0 Å². The minimum Gasteiger partial charge on any atom is -0.354 e. The van der Waals surface area contributed by atoms with Crippen LogP contribution in [0.5, 0.6) is 0 Å². The van der Waals surface area contributed by atoms with Crippen LogP contribution < -0.4 is 0 Å². The van der Waals surface area contributed by atoms with Gasteiger partial charge in [0.1, 0.15) is 0 Å². The molecule has 0 bridgehead atoms. The van der Waals surface area contributed by atoms with Crippen LogP contribution >= 0.6 is 0 Å². The van der Waals surface area contributed by atoms with Crippen molar-refractivity contribution in [2.45, 2.75) is 6.92 Å². The number of nitrogens with zero attached hydrogens (tertiary/aromatic N) is 2. The van der Waals surface area contributed by atoms with Gasteiger partial charge in [0, 0.05) is 46.4 Å². The Morgan fingerprint density at radius 1 is 1.19 bits per heavy atom. The highest BCUT2D eigenvalue weighted by molar-refractivity contribution is 5.87. The molecule has 0 aliphatic heterocycles. The normalized spacial score (nSPS) is 10.8. The lowest BCUT2D eigenvalue weighted by Crippen LogP contribution is -1.78. The summed E-state index contributed by atoms with van der Waals surface area (Å²) < 4.78 is 0. The minimum absolute atomic E-state index is 1.05. The molecular weight excluding hydrogens is 198 g/mol. The van der Waals surface area contributed by atoms with Crippen LogP contribution in [0, 0.1) is 6.92 Å². The molecule has 0 saturated carbocycles. The second-order valence-corrected chi connectivity index (χ2v) is 3.78. The van der Waals surface area contributed by atoms with Gasteiger partial charge in [0.25, 0.3) is 0 Å². The monoisotopic (exact) mass is 209 g/mol. The molecule has 0 amide bonds. The van der Waals surface area contributed by atoms with Crippen LogP contribution in [0.4, 0.5) is 0 Å². The maximum Gasteiger partial charge on any atom is 0.0492 e. The smallest absolute Gasteiger partial charge is 0.0492 e. The van der Waals surface area contributed by atoms with Gasteiger partial charge in [-0.3, -0.25) is 9.97 Å². The Morgan fingerprint density at radius 2 is 2.12 bits per heavy atom. The molecule has 16 heavy (non-hydrogen) atoms. The van der Waals surface area contributed by atoms with E-state index in [1.54, 1.807) is 6.20 Å². The summed E-state index contributed by atoms with van der Waals surface area (Å²) in [4.78, 5) is 11.8. The molecular formula is C13H11N3. The Bertz CT molecular complexity index is 626. The van der Waals surface area contributed by atoms with Crippen LogP contribution in [0.15, 0.2) is 42.9 Å². The van der Waals surface area contributed by atoms with Crippen molar-refractivity contribution in [2.24, 2.45) is 0 Å². The Morgan fingerprint density at radius 3 is 2.88 bits per heavy atom. The van der Waals surface area contributed by atoms with Crippen LogP contribution in [0.2, 0.25) is 0 Å². The molecule has 3 aromatic rings. The molecule has 3 aromatic heterocycles. The molecule has 1 N–H and O–H groups in total. The van der Waals surface area contributed by atoms with E-state index in [0.717, 1.165) is 22.5 Å². The van der Waals surface area contributed by atoms with E-state index in [1.165, 1.54) is 5.39 Å². The molecule has 0 aromatic carbocycles. The highest BCUT2D eigenvalue weighted by Crippen LogP contribution is 2.24. The molecule has 0 unspecified atom stereocenters. The summed E-state index contributed by atoms with van der Waals surface area (Å²) in [7, 11) is 0. The minimum atomic E-state index is 1.05. The highest BCUT2D eigenvalue weighted by atomic mass is 14.8. The predicted molar refractivity (Wildman–Crippen MR) is 64.1 cm³/mol. The number of H-pyrrole nitrogens is 1. The van der Waals surface area contributed by atoms with Gasteiger partial charge in [-0.1, -0.05) is 0 Å². The second-order valence-electron chi connectivity index (χ2n) is 3.78. The molecule has 0 aliphatic rings. The van der Waals surface area contributed by atoms with E-state index in [4.69, 9.17) is 0 Å². The molecule has 0 radical (unpaired) electrons. The third-order valence-corrected chi connectivity index (χ3v) is 2.72. The molecule has 3 heteroatoms. The van der Waals surface area contributed by atoms with Gasteiger partial charge >= 0.3 is 0 Å². The quantitative estimate of drug-likeness (QED) is 0.669. The average molecular weight is 209 g/mol. The summed E-state index contributed by atoms with van der Waals surface area (Å²) in [5.41, 5.74) is 4.34. The molecule has 0 aliphatic carbocycles. The van der Waals surface area contributed by atoms with E-state index in [2.05, 4.69) is 21.0 Å². The second kappa shape index (κ2) is 3.45. The number of nitrogens with one attached hydrogen (secondary N) is 1. The van der Waals surface area contributed by atoms with Crippen molar-refractivity contribution in [3.8, 4) is 11.3 Å². The van der Waals surface area contributed by atoms with E-state index < -0.39 is 0 Å². The number of rotatable bonds is 1. The van der Waals surface area contributed by atoms with Gasteiger partial charge in [-0.05, 0) is 31.2 Å². The van der Waals surface area contributed by atoms with Gasteiger partial charge in [-0.15, -0.1) is 0 Å². The molecule has 3 nitrogen and oxygen atoms in total. The first-order valence-electron chi connectivity index (χ1n) is 5.19. The topological polar surface area (TPSA) is 41.6 Å². The van der Waals surface area contributed by atoms with Gasteiger partial charge in [0.2, 0.25) is 0 Å². The number of hydrogen-bond donors (Lipinski definition) is 1. The summed E-state index contributed by atoms with van der Waals surface area (Å²) in [5.74, 6) is 0. The van der Waals surface area contributed by atoms with Gasteiger partial charge < -0.3 is 4.98 Å². The zero-order valence-electron chi connectivity index (χ0n) is 8.94. The van der Waals surface area contributed by atoms with Crippen molar-refractivity contribution in [2.75, 3.05) is 0 Å². The third-order valence-electron chi connectivity index (χ3n) is 2.72. The SMILES string of the molecule is Cc1nccc2[nH]c(-c3cccnc3)cc12. The van der Waals surface area contributed by atoms with Gasteiger partial charge in [-0.25, -0.2) is 0 Å². The lowest BCUT2D eigenvalue weighted by atomic mass is 10.2. The fraction of sp³-hybridized carbons (Fsp3) is 0.0769. The van der Waals surface area contributed by atoms with Crippen molar-refractivity contribution in [3.05, 3.63) is 48.5 Å². The Kier molecular flexibility index (Phi) is 1.96. The number of aryl methyl sites for hydroxylation is 1. The van der Waals surface area contributed by atoms with E-state index >= 15 is 0 Å². The first-order chi connectivity index (χ1) is 7.84. The average Bonchev–Trinajstić information content (AvgIpc) is 2.76. The fourth-order valence-electron chi connectivity index (χ4n) is 1.87. The van der Waals surface area contributed by atoms with Gasteiger partial charge in [0.05, 0.1) is 0 Å². The van der Waals surface area contributed by atoms with Gasteiger partial charge in [-0.2, -0.15) is 0 Å². The van der Waals surface area contributed by atoms with E-state index in [1.807, 2.05) is 37.5 Å². The molecule has 3 heterocycles. The van der Waals surface area contributed by atoms with E-state index in [9.17, 15) is 0 Å². The number of hydrogen-bond acceptors (Lipinski definition) is 2. The molecule has 0 saturated heterocycles. The number of aromatic nitrogens is 3. The van der Waals surface area contributed by atoms with Crippen molar-refractivity contribution >= 4 is 10.9 Å². The Hall–Kier alpha value is -2.16. The number of pyridine rings is 2. The lowest BCUT2D eigenvalue weighted by molar-refractivity contribution is 1.23. The van der Waals surface area contributed by atoms with E-state index in [0.29, 0.717) is 0 Å². The predicted octanol–water partition coefficient (Wildman–Crippen LogP) is 2.93. The summed E-state index contributed by atoms with van der Waals surface area (Å²) in [6.07, 6.45) is 5.45. The largest absolute Gasteiger partial charge is 0.354 e. The standard InChI is InChI=1S/C13H11N3/c1-9-11-7-13(10-3-2-5-14-8-10)16-12(11)4-6-15-9/h2-8,16H,1H3. The van der Waals surface area contributed by atoms with Crippen LogP contribution in [0.1, 0.15) is 5.69 Å². The van der Waals surface area contributed by atoms with E-state index in [-0.39, 0.29) is 0 Å². The first kappa shape index (κ1) is 9.09. The third kappa shape index (κ3) is 1.37. The van der Waals surface area contributed by atoms with Crippen LogP contribution in [0.3, 0.4) is 0 Å². The lowest BCUT2D eigenvalue weighted by Gasteiger charge is -1.94. The zero-order chi connectivity index (χ0) is 11.0.